The van der Waals surface area contributed by atoms with E-state index in [0.717, 1.165) is 33.0 Å². The number of fused-ring (bicyclic) bond motifs is 3. The van der Waals surface area contributed by atoms with Gasteiger partial charge < -0.3 is 24.2 Å². The van der Waals surface area contributed by atoms with Crippen molar-refractivity contribution in [1.29, 1.82) is 0 Å². The van der Waals surface area contributed by atoms with E-state index in [1.54, 1.807) is 19.4 Å². The summed E-state index contributed by atoms with van der Waals surface area (Å²) in [5.41, 5.74) is 5.43. The summed E-state index contributed by atoms with van der Waals surface area (Å²) in [6, 6.07) is 18.1. The van der Waals surface area contributed by atoms with Crippen LogP contribution in [-0.4, -0.2) is 28.0 Å². The van der Waals surface area contributed by atoms with Gasteiger partial charge in [-0.15, -0.1) is 0 Å². The first-order chi connectivity index (χ1) is 19.3. The molecule has 3 aromatic carbocycles. The number of furan rings is 1. The van der Waals surface area contributed by atoms with E-state index in [2.05, 4.69) is 10.3 Å². The maximum Gasteiger partial charge on any atom is 0.340 e. The summed E-state index contributed by atoms with van der Waals surface area (Å²) < 4.78 is 11.6. The number of carbonyl (C=O) groups excluding carboxylic acids is 1. The number of carboxylic acids is 1. The molecule has 8 heteroatoms. The highest BCUT2D eigenvalue weighted by molar-refractivity contribution is 6.05. The SMILES string of the molecule is Cc1c(CC(=O)NC(Cc2c[nH]c3ccccc23)C(=O)O)c(=O)oc2c(C)c3occ(-c4ccccc4)c3cc12. The number of amides is 1. The molecular formula is C32H26N2O6. The van der Waals surface area contributed by atoms with Gasteiger partial charge in [0, 0.05) is 45.4 Å². The highest BCUT2D eigenvalue weighted by Crippen LogP contribution is 2.37. The molecule has 0 aliphatic carbocycles. The van der Waals surface area contributed by atoms with E-state index >= 15 is 0 Å². The Balaban J connectivity index is 1.32. The van der Waals surface area contributed by atoms with Crippen molar-refractivity contribution < 1.29 is 23.5 Å². The Morgan fingerprint density at radius 2 is 1.70 bits per heavy atom. The number of aromatic nitrogens is 1. The second-order valence-corrected chi connectivity index (χ2v) is 9.96. The van der Waals surface area contributed by atoms with E-state index in [9.17, 15) is 19.5 Å². The lowest BCUT2D eigenvalue weighted by Gasteiger charge is -2.15. The number of para-hydroxylation sites is 1. The molecule has 1 amide bonds. The molecule has 1 unspecified atom stereocenters. The average molecular weight is 535 g/mol. The number of aliphatic carboxylic acids is 1. The van der Waals surface area contributed by atoms with Crippen molar-refractivity contribution in [2.75, 3.05) is 0 Å². The summed E-state index contributed by atoms with van der Waals surface area (Å²) >= 11 is 0. The number of H-pyrrole nitrogens is 1. The Morgan fingerprint density at radius 1 is 0.950 bits per heavy atom. The topological polar surface area (TPSA) is 126 Å². The number of hydrogen-bond donors (Lipinski definition) is 3. The van der Waals surface area contributed by atoms with Gasteiger partial charge in [-0.2, -0.15) is 0 Å². The number of hydrogen-bond acceptors (Lipinski definition) is 5. The number of carbonyl (C=O) groups is 2. The van der Waals surface area contributed by atoms with Crippen LogP contribution in [0.1, 0.15) is 22.3 Å². The van der Waals surface area contributed by atoms with Gasteiger partial charge in [0.1, 0.15) is 17.2 Å². The molecule has 0 bridgehead atoms. The minimum Gasteiger partial charge on any atom is -0.480 e. The van der Waals surface area contributed by atoms with E-state index in [4.69, 9.17) is 8.83 Å². The maximum absolute atomic E-state index is 13.1. The zero-order chi connectivity index (χ0) is 28.0. The molecule has 3 heterocycles. The zero-order valence-electron chi connectivity index (χ0n) is 21.9. The molecule has 3 aromatic heterocycles. The van der Waals surface area contributed by atoms with Crippen LogP contribution in [0.2, 0.25) is 0 Å². The predicted octanol–water partition coefficient (Wildman–Crippen LogP) is 5.66. The first-order valence-corrected chi connectivity index (χ1v) is 12.9. The van der Waals surface area contributed by atoms with Crippen molar-refractivity contribution in [3.8, 4) is 11.1 Å². The molecule has 0 saturated carbocycles. The summed E-state index contributed by atoms with van der Waals surface area (Å²) in [6.45, 7) is 3.61. The van der Waals surface area contributed by atoms with Crippen molar-refractivity contribution in [1.82, 2.24) is 10.3 Å². The quantitative estimate of drug-likeness (QED) is 0.227. The fourth-order valence-electron chi connectivity index (χ4n) is 5.37. The molecule has 1 atom stereocenters. The van der Waals surface area contributed by atoms with E-state index in [1.807, 2.05) is 67.6 Å². The summed E-state index contributed by atoms with van der Waals surface area (Å²) in [4.78, 5) is 41.2. The Bertz CT molecular complexity index is 1980. The lowest BCUT2D eigenvalue weighted by atomic mass is 9.97. The van der Waals surface area contributed by atoms with E-state index in [-0.39, 0.29) is 18.4 Å². The smallest absolute Gasteiger partial charge is 0.340 e. The third-order valence-electron chi connectivity index (χ3n) is 7.50. The highest BCUT2D eigenvalue weighted by Gasteiger charge is 2.24. The van der Waals surface area contributed by atoms with Gasteiger partial charge in [0.25, 0.3) is 0 Å². The molecule has 0 fully saturated rings. The number of benzene rings is 3. The van der Waals surface area contributed by atoms with Gasteiger partial charge >= 0.3 is 11.6 Å². The van der Waals surface area contributed by atoms with Gasteiger partial charge in [-0.25, -0.2) is 9.59 Å². The number of nitrogens with one attached hydrogen (secondary N) is 2. The molecular weight excluding hydrogens is 508 g/mol. The summed E-state index contributed by atoms with van der Waals surface area (Å²) in [5, 5.41) is 14.9. The van der Waals surface area contributed by atoms with Crippen LogP contribution in [0.3, 0.4) is 0 Å². The highest BCUT2D eigenvalue weighted by atomic mass is 16.4. The van der Waals surface area contributed by atoms with Crippen LogP contribution >= 0.6 is 0 Å². The molecule has 200 valence electrons. The van der Waals surface area contributed by atoms with Gasteiger partial charge in [-0.3, -0.25) is 4.79 Å². The normalized spacial score (nSPS) is 12.2. The number of aromatic amines is 1. The number of aryl methyl sites for hydroxylation is 2. The second-order valence-electron chi connectivity index (χ2n) is 9.96. The van der Waals surface area contributed by atoms with Crippen LogP contribution in [0.15, 0.2) is 86.8 Å². The molecule has 0 saturated heterocycles. The zero-order valence-corrected chi connectivity index (χ0v) is 21.9. The van der Waals surface area contributed by atoms with E-state index in [1.165, 1.54) is 0 Å². The first kappa shape index (κ1) is 25.2. The first-order valence-electron chi connectivity index (χ1n) is 12.9. The molecule has 6 rings (SSSR count). The van der Waals surface area contributed by atoms with Crippen molar-refractivity contribution in [3.63, 3.8) is 0 Å². The van der Waals surface area contributed by atoms with Crippen molar-refractivity contribution in [3.05, 3.63) is 106 Å². The van der Waals surface area contributed by atoms with Crippen LogP contribution in [0.5, 0.6) is 0 Å². The number of rotatable bonds is 7. The van der Waals surface area contributed by atoms with Crippen molar-refractivity contribution in [2.45, 2.75) is 32.7 Å². The average Bonchev–Trinajstić information content (AvgIpc) is 3.56. The molecule has 0 aliphatic rings. The molecule has 40 heavy (non-hydrogen) atoms. The van der Waals surface area contributed by atoms with Crippen molar-refractivity contribution in [2.24, 2.45) is 0 Å². The van der Waals surface area contributed by atoms with Gasteiger partial charge in [0.15, 0.2) is 0 Å². The van der Waals surface area contributed by atoms with Gasteiger partial charge in [0.05, 0.1) is 18.2 Å². The van der Waals surface area contributed by atoms with Crippen LogP contribution in [-0.2, 0) is 22.4 Å². The monoisotopic (exact) mass is 534 g/mol. The Hall–Kier alpha value is -5.11. The summed E-state index contributed by atoms with van der Waals surface area (Å²) in [7, 11) is 0. The molecule has 6 aromatic rings. The minimum atomic E-state index is -1.17. The molecule has 0 radical (unpaired) electrons. The largest absolute Gasteiger partial charge is 0.480 e. The van der Waals surface area contributed by atoms with Gasteiger partial charge in [-0.05, 0) is 42.7 Å². The van der Waals surface area contributed by atoms with Crippen molar-refractivity contribution >= 4 is 44.7 Å². The molecule has 0 aliphatic heterocycles. The standard InChI is InChI=1S/C32H26N2O6/c1-17-22-13-24-25(19-8-4-3-5-9-19)16-39-29(24)18(2)30(22)40-32(38)23(17)14-28(35)34-27(31(36)37)12-20-15-33-26-11-7-6-10-21(20)26/h3-11,13,15-16,27,33H,12,14H2,1-2H3,(H,34,35)(H,36,37). The lowest BCUT2D eigenvalue weighted by molar-refractivity contribution is -0.141. The van der Waals surface area contributed by atoms with Gasteiger partial charge in [-0.1, -0.05) is 48.5 Å². The van der Waals surface area contributed by atoms with Crippen LogP contribution in [0, 0.1) is 13.8 Å². The summed E-state index contributed by atoms with van der Waals surface area (Å²) in [6.07, 6.45) is 3.22. The third kappa shape index (κ3) is 4.33. The molecule has 8 nitrogen and oxygen atoms in total. The maximum atomic E-state index is 13.1. The minimum absolute atomic E-state index is 0.0936. The van der Waals surface area contributed by atoms with Gasteiger partial charge in [0.2, 0.25) is 5.91 Å². The summed E-state index contributed by atoms with van der Waals surface area (Å²) in [5.74, 6) is -1.74. The van der Waals surface area contributed by atoms with Crippen LogP contribution < -0.4 is 10.9 Å². The molecule has 0 spiro atoms. The Morgan fingerprint density at radius 3 is 2.48 bits per heavy atom. The Labute approximate surface area is 228 Å². The molecule has 3 N–H and O–H groups in total. The van der Waals surface area contributed by atoms with E-state index < -0.39 is 23.5 Å². The Kier molecular flexibility index (Phi) is 6.23. The lowest BCUT2D eigenvalue weighted by Crippen LogP contribution is -2.43. The van der Waals surface area contributed by atoms with Crippen LogP contribution in [0.4, 0.5) is 0 Å². The number of carboxylic acid groups (broad SMARTS) is 1. The van der Waals surface area contributed by atoms with E-state index in [0.29, 0.717) is 27.7 Å². The fraction of sp³-hybridized carbons (Fsp3) is 0.156. The third-order valence-corrected chi connectivity index (χ3v) is 7.50. The fourth-order valence-corrected chi connectivity index (χ4v) is 5.37. The predicted molar refractivity (Wildman–Crippen MR) is 152 cm³/mol. The second kappa shape index (κ2) is 9.89. The van der Waals surface area contributed by atoms with Crippen LogP contribution in [0.25, 0.3) is 44.0 Å².